The molecule has 0 atom stereocenters. The lowest BCUT2D eigenvalue weighted by Gasteiger charge is -2.12. The van der Waals surface area contributed by atoms with Gasteiger partial charge in [-0.3, -0.25) is 10.1 Å². The van der Waals surface area contributed by atoms with Crippen molar-refractivity contribution >= 4 is 5.69 Å². The van der Waals surface area contributed by atoms with Crippen molar-refractivity contribution in [2.45, 2.75) is 19.3 Å². The van der Waals surface area contributed by atoms with Gasteiger partial charge in [0.2, 0.25) is 0 Å². The first-order valence-electron chi connectivity index (χ1n) is 8.42. The van der Waals surface area contributed by atoms with Gasteiger partial charge in [0, 0.05) is 12.1 Å². The van der Waals surface area contributed by atoms with E-state index in [0.717, 1.165) is 30.6 Å². The molecule has 6 heteroatoms. The van der Waals surface area contributed by atoms with Crippen LogP contribution in [-0.4, -0.2) is 25.2 Å². The summed E-state index contributed by atoms with van der Waals surface area (Å²) >= 11 is 0. The Hall–Kier alpha value is -3.02. The molecule has 0 saturated heterocycles. The summed E-state index contributed by atoms with van der Waals surface area (Å²) in [4.78, 5) is 10.2. The molecule has 0 saturated carbocycles. The molecule has 0 aromatic heterocycles. The maximum Gasteiger partial charge on any atom is 0.269 e. The molecule has 6 nitrogen and oxygen atoms in total. The third kappa shape index (κ3) is 5.81. The van der Waals surface area contributed by atoms with E-state index in [1.54, 1.807) is 19.2 Å². The van der Waals surface area contributed by atoms with Crippen LogP contribution in [0.3, 0.4) is 0 Å². The van der Waals surface area contributed by atoms with Crippen LogP contribution < -0.4 is 14.2 Å². The van der Waals surface area contributed by atoms with E-state index >= 15 is 0 Å². The van der Waals surface area contributed by atoms with Crippen molar-refractivity contribution in [2.75, 3.05) is 20.3 Å². The molecule has 0 spiro atoms. The number of methoxy groups -OCH3 is 1. The summed E-state index contributed by atoms with van der Waals surface area (Å²) in [5.41, 5.74) is 1.18. The normalized spacial score (nSPS) is 10.2. The Morgan fingerprint density at radius 3 is 2.35 bits per heavy atom. The van der Waals surface area contributed by atoms with Crippen LogP contribution in [0.5, 0.6) is 17.2 Å². The molecule has 0 radical (unpaired) electrons. The lowest BCUT2D eigenvalue weighted by atomic mass is 10.1. The highest BCUT2D eigenvalue weighted by Gasteiger charge is 2.06. The van der Waals surface area contributed by atoms with E-state index in [-0.39, 0.29) is 5.69 Å². The van der Waals surface area contributed by atoms with Crippen LogP contribution in [0.2, 0.25) is 0 Å². The average molecular weight is 357 g/mol. The number of hydrogen-bond donors (Lipinski definition) is 0. The van der Waals surface area contributed by atoms with Crippen molar-refractivity contribution < 1.29 is 19.1 Å². The summed E-state index contributed by atoms with van der Waals surface area (Å²) in [5.74, 6) is 2.05. The van der Waals surface area contributed by atoms with Gasteiger partial charge in [0.05, 0.1) is 25.2 Å². The molecule has 0 heterocycles. The van der Waals surface area contributed by atoms with Crippen molar-refractivity contribution in [3.63, 3.8) is 0 Å². The van der Waals surface area contributed by atoms with Crippen molar-refractivity contribution in [1.29, 1.82) is 0 Å². The van der Waals surface area contributed by atoms with Gasteiger partial charge < -0.3 is 14.2 Å². The van der Waals surface area contributed by atoms with E-state index in [0.29, 0.717) is 24.7 Å². The second-order valence-electron chi connectivity index (χ2n) is 5.63. The lowest BCUT2D eigenvalue weighted by molar-refractivity contribution is -0.384. The summed E-state index contributed by atoms with van der Waals surface area (Å²) in [7, 11) is 1.62. The van der Waals surface area contributed by atoms with Gasteiger partial charge in [-0.05, 0) is 49.1 Å². The topological polar surface area (TPSA) is 70.8 Å². The molecule has 2 rings (SSSR count). The Balaban J connectivity index is 1.70. The molecular weight excluding hydrogens is 334 g/mol. The van der Waals surface area contributed by atoms with Gasteiger partial charge in [0.15, 0.2) is 11.5 Å². The first kappa shape index (κ1) is 19.3. The molecule has 0 unspecified atom stereocenters. The fourth-order valence-electron chi connectivity index (χ4n) is 2.37. The molecule has 0 N–H and O–H groups in total. The maximum absolute atomic E-state index is 10.6. The second-order valence-corrected chi connectivity index (χ2v) is 5.63. The van der Waals surface area contributed by atoms with E-state index in [9.17, 15) is 10.1 Å². The minimum Gasteiger partial charge on any atom is -0.494 e. The Labute approximate surface area is 153 Å². The van der Waals surface area contributed by atoms with Crippen molar-refractivity contribution in [3.05, 3.63) is 70.8 Å². The number of nitro groups is 1. The lowest BCUT2D eigenvalue weighted by Crippen LogP contribution is -2.03. The molecule has 138 valence electrons. The van der Waals surface area contributed by atoms with Gasteiger partial charge in [-0.15, -0.1) is 6.58 Å². The molecule has 2 aromatic rings. The second kappa shape index (κ2) is 10.1. The summed E-state index contributed by atoms with van der Waals surface area (Å²) in [6.07, 6.45) is 4.27. The number of allylic oxidation sites excluding steroid dienone is 1. The van der Waals surface area contributed by atoms with Gasteiger partial charge in [-0.25, -0.2) is 0 Å². The van der Waals surface area contributed by atoms with Crippen LogP contribution in [0.25, 0.3) is 0 Å². The molecule has 0 aliphatic rings. The first-order chi connectivity index (χ1) is 12.6. The number of non-ortho nitro benzene ring substituents is 1. The van der Waals surface area contributed by atoms with Gasteiger partial charge in [0.1, 0.15) is 5.75 Å². The quantitative estimate of drug-likeness (QED) is 0.255. The highest BCUT2D eigenvalue weighted by atomic mass is 16.6. The number of ether oxygens (including phenoxy) is 3. The standard InChI is InChI=1S/C20H23NO5/c1-3-6-16-7-12-19(20(15-16)24-2)26-14-5-4-13-25-18-10-8-17(9-11-18)21(22)23/h3,7-12,15H,1,4-6,13-14H2,2H3. The van der Waals surface area contributed by atoms with Crippen LogP contribution in [0.1, 0.15) is 18.4 Å². The smallest absolute Gasteiger partial charge is 0.269 e. The van der Waals surface area contributed by atoms with Crippen molar-refractivity contribution in [2.24, 2.45) is 0 Å². The Morgan fingerprint density at radius 1 is 1.04 bits per heavy atom. The van der Waals surface area contributed by atoms with Crippen LogP contribution in [0.15, 0.2) is 55.1 Å². The number of nitrogens with zero attached hydrogens (tertiary/aromatic N) is 1. The predicted octanol–water partition coefficient (Wildman–Crippen LogP) is 4.57. The third-order valence-electron chi connectivity index (χ3n) is 3.72. The summed E-state index contributed by atoms with van der Waals surface area (Å²) in [6.45, 7) is 4.81. The minimum atomic E-state index is -0.431. The number of hydrogen-bond acceptors (Lipinski definition) is 5. The van der Waals surface area contributed by atoms with E-state index in [2.05, 4.69) is 6.58 Å². The molecule has 0 fully saturated rings. The van der Waals surface area contributed by atoms with Crippen molar-refractivity contribution in [3.8, 4) is 17.2 Å². The van der Waals surface area contributed by atoms with Gasteiger partial charge in [-0.1, -0.05) is 12.1 Å². The zero-order chi connectivity index (χ0) is 18.8. The van der Waals surface area contributed by atoms with Crippen molar-refractivity contribution in [1.82, 2.24) is 0 Å². The van der Waals surface area contributed by atoms with E-state index in [4.69, 9.17) is 14.2 Å². The Kier molecular flexibility index (Phi) is 7.49. The number of rotatable bonds is 11. The Bertz CT molecular complexity index is 727. The Morgan fingerprint density at radius 2 is 1.73 bits per heavy atom. The maximum atomic E-state index is 10.6. The van der Waals surface area contributed by atoms with Gasteiger partial charge >= 0.3 is 0 Å². The first-order valence-corrected chi connectivity index (χ1v) is 8.42. The summed E-state index contributed by atoms with van der Waals surface area (Å²) < 4.78 is 16.7. The fourth-order valence-corrected chi connectivity index (χ4v) is 2.37. The molecule has 0 amide bonds. The van der Waals surface area contributed by atoms with E-state index in [1.807, 2.05) is 24.3 Å². The largest absolute Gasteiger partial charge is 0.494 e. The monoisotopic (exact) mass is 357 g/mol. The molecule has 26 heavy (non-hydrogen) atoms. The third-order valence-corrected chi connectivity index (χ3v) is 3.72. The molecule has 0 aliphatic heterocycles. The highest BCUT2D eigenvalue weighted by Crippen LogP contribution is 2.28. The minimum absolute atomic E-state index is 0.0545. The van der Waals surface area contributed by atoms with E-state index in [1.165, 1.54) is 12.1 Å². The molecule has 0 aliphatic carbocycles. The van der Waals surface area contributed by atoms with Crippen LogP contribution >= 0.6 is 0 Å². The number of nitro benzene ring substituents is 1. The molecular formula is C20H23NO5. The number of benzene rings is 2. The van der Waals surface area contributed by atoms with Gasteiger partial charge in [0.25, 0.3) is 5.69 Å². The summed E-state index contributed by atoms with van der Waals surface area (Å²) in [6, 6.07) is 11.9. The zero-order valence-electron chi connectivity index (χ0n) is 14.8. The highest BCUT2D eigenvalue weighted by molar-refractivity contribution is 5.43. The van der Waals surface area contributed by atoms with Crippen LogP contribution in [-0.2, 0) is 6.42 Å². The summed E-state index contributed by atoms with van der Waals surface area (Å²) in [5, 5.41) is 10.6. The average Bonchev–Trinajstić information content (AvgIpc) is 2.65. The number of unbranched alkanes of at least 4 members (excludes halogenated alkanes) is 1. The van der Waals surface area contributed by atoms with E-state index < -0.39 is 4.92 Å². The molecule has 2 aromatic carbocycles. The fraction of sp³-hybridized carbons (Fsp3) is 0.300. The molecule has 0 bridgehead atoms. The van der Waals surface area contributed by atoms with Crippen LogP contribution in [0.4, 0.5) is 5.69 Å². The zero-order valence-corrected chi connectivity index (χ0v) is 14.8. The predicted molar refractivity (Wildman–Crippen MR) is 100 cm³/mol. The van der Waals surface area contributed by atoms with Crippen LogP contribution in [0, 0.1) is 10.1 Å². The SMILES string of the molecule is C=CCc1ccc(OCCCCOc2ccc([N+](=O)[O-])cc2)c(OC)c1. The van der Waals surface area contributed by atoms with Gasteiger partial charge in [-0.2, -0.15) is 0 Å².